The maximum Gasteiger partial charge on any atom is 0.246 e. The largest absolute Gasteiger partial charge is 0.459 e. The Morgan fingerprint density at radius 3 is 2.95 bits per heavy atom. The molecule has 3 rings (SSSR count). The number of hydrogen-bond acceptors (Lipinski definition) is 4. The van der Waals surface area contributed by atoms with Gasteiger partial charge >= 0.3 is 0 Å². The minimum Gasteiger partial charge on any atom is -0.459 e. The van der Waals surface area contributed by atoms with E-state index in [9.17, 15) is 4.79 Å². The molecule has 112 valence electrons. The molecule has 0 spiro atoms. The van der Waals surface area contributed by atoms with Crippen molar-refractivity contribution in [3.8, 4) is 0 Å². The summed E-state index contributed by atoms with van der Waals surface area (Å²) in [6, 6.07) is 9.67. The number of nitrogens with zero attached hydrogens (tertiary/aromatic N) is 2. The topological polar surface area (TPSA) is 46.3 Å². The van der Waals surface area contributed by atoms with Crippen molar-refractivity contribution in [1.82, 2.24) is 9.88 Å². The number of para-hydroxylation sites is 1. The summed E-state index contributed by atoms with van der Waals surface area (Å²) in [7, 11) is 1.77. The fraction of sp³-hybridized carbons (Fsp3) is 0.176. The van der Waals surface area contributed by atoms with Crippen LogP contribution in [-0.4, -0.2) is 22.8 Å². The Morgan fingerprint density at radius 2 is 2.23 bits per heavy atom. The zero-order valence-electron chi connectivity index (χ0n) is 12.4. The van der Waals surface area contributed by atoms with E-state index in [2.05, 4.69) is 4.98 Å². The molecular weight excluding hydrogens is 296 g/mol. The first-order valence-electron chi connectivity index (χ1n) is 6.96. The van der Waals surface area contributed by atoms with Gasteiger partial charge in [-0.15, -0.1) is 11.3 Å². The van der Waals surface area contributed by atoms with Gasteiger partial charge < -0.3 is 9.32 Å². The summed E-state index contributed by atoms with van der Waals surface area (Å²) in [4.78, 5) is 18.0. The Kier molecular flexibility index (Phi) is 4.06. The van der Waals surface area contributed by atoms with Gasteiger partial charge in [-0.2, -0.15) is 0 Å². The summed E-state index contributed by atoms with van der Waals surface area (Å²) in [6.07, 6.45) is 3.26. The number of carbonyl (C=O) groups excluding carboxylic acids is 1. The number of rotatable bonds is 4. The summed E-state index contributed by atoms with van der Waals surface area (Å²) in [5.74, 6) is 0.695. The normalized spacial score (nSPS) is 12.8. The van der Waals surface area contributed by atoms with Gasteiger partial charge in [-0.25, -0.2) is 4.98 Å². The lowest BCUT2D eigenvalue weighted by Gasteiger charge is -2.21. The van der Waals surface area contributed by atoms with Crippen molar-refractivity contribution in [2.75, 3.05) is 7.05 Å². The molecule has 0 unspecified atom stereocenters. The van der Waals surface area contributed by atoms with E-state index in [0.717, 1.165) is 22.4 Å². The van der Waals surface area contributed by atoms with Crippen molar-refractivity contribution in [3.63, 3.8) is 0 Å². The molecule has 0 N–H and O–H groups in total. The van der Waals surface area contributed by atoms with Gasteiger partial charge in [0.05, 0.1) is 17.2 Å². The van der Waals surface area contributed by atoms with Crippen molar-refractivity contribution in [3.05, 3.63) is 58.8 Å². The maximum atomic E-state index is 12.2. The Morgan fingerprint density at radius 1 is 1.41 bits per heavy atom. The van der Waals surface area contributed by atoms with Gasteiger partial charge in [-0.1, -0.05) is 18.2 Å². The molecule has 2 heterocycles. The van der Waals surface area contributed by atoms with Crippen molar-refractivity contribution in [2.45, 2.75) is 13.0 Å². The van der Waals surface area contributed by atoms with Gasteiger partial charge in [0.25, 0.3) is 0 Å². The monoisotopic (exact) mass is 312 g/mol. The first-order chi connectivity index (χ1) is 10.6. The standard InChI is InChI=1S/C17H16N2O2S/c1-12(16-9-13-5-3-4-6-15(13)21-16)19(2)17(20)8-7-14-10-22-11-18-14/h3-12H,1-2H3/b8-7+/t12-/m0/s1. The molecule has 1 amide bonds. The zero-order valence-corrected chi connectivity index (χ0v) is 13.2. The van der Waals surface area contributed by atoms with Crippen LogP contribution in [0.25, 0.3) is 17.0 Å². The van der Waals surface area contributed by atoms with Crippen molar-refractivity contribution in [1.29, 1.82) is 0 Å². The lowest BCUT2D eigenvalue weighted by Crippen LogP contribution is -2.27. The van der Waals surface area contributed by atoms with Gasteiger partial charge in [0.2, 0.25) is 5.91 Å². The number of likely N-dealkylation sites (N-methyl/N-ethyl adjacent to an activating group) is 1. The van der Waals surface area contributed by atoms with Crippen LogP contribution in [0, 0.1) is 0 Å². The van der Waals surface area contributed by atoms with Gasteiger partial charge in [-0.05, 0) is 25.1 Å². The van der Waals surface area contributed by atoms with Gasteiger partial charge in [-0.3, -0.25) is 4.79 Å². The molecule has 1 atom stereocenters. The second kappa shape index (κ2) is 6.15. The second-order valence-electron chi connectivity index (χ2n) is 5.06. The van der Waals surface area contributed by atoms with E-state index in [1.54, 1.807) is 23.5 Å². The second-order valence-corrected chi connectivity index (χ2v) is 5.78. The van der Waals surface area contributed by atoms with Crippen LogP contribution >= 0.6 is 11.3 Å². The van der Waals surface area contributed by atoms with Gasteiger partial charge in [0.1, 0.15) is 11.3 Å². The molecule has 0 aliphatic heterocycles. The van der Waals surface area contributed by atoms with Crippen LogP contribution in [0.15, 0.2) is 51.7 Å². The Bertz CT molecular complexity index is 772. The van der Waals surface area contributed by atoms with E-state index in [1.165, 1.54) is 17.4 Å². The summed E-state index contributed by atoms with van der Waals surface area (Å²) in [6.45, 7) is 1.95. The Hall–Kier alpha value is -2.40. The molecule has 0 bridgehead atoms. The summed E-state index contributed by atoms with van der Waals surface area (Å²) in [5.41, 5.74) is 3.37. The predicted octanol–water partition coefficient (Wildman–Crippen LogP) is 4.12. The van der Waals surface area contributed by atoms with Gasteiger partial charge in [0, 0.05) is 23.9 Å². The first kappa shape index (κ1) is 14.5. The lowest BCUT2D eigenvalue weighted by atomic mass is 10.2. The average molecular weight is 312 g/mol. The summed E-state index contributed by atoms with van der Waals surface area (Å²) >= 11 is 1.50. The van der Waals surface area contributed by atoms with E-state index in [4.69, 9.17) is 4.42 Å². The molecule has 0 saturated heterocycles. The minimum absolute atomic E-state index is 0.0824. The van der Waals surface area contributed by atoms with Crippen molar-refractivity contribution in [2.24, 2.45) is 0 Å². The molecule has 0 aliphatic rings. The number of fused-ring (bicyclic) bond motifs is 1. The summed E-state index contributed by atoms with van der Waals surface area (Å²) < 4.78 is 5.82. The van der Waals surface area contributed by atoms with Crippen LogP contribution in [0.5, 0.6) is 0 Å². The van der Waals surface area contributed by atoms with Crippen LogP contribution in [0.2, 0.25) is 0 Å². The molecule has 2 aromatic heterocycles. The molecule has 5 heteroatoms. The van der Waals surface area contributed by atoms with E-state index in [-0.39, 0.29) is 11.9 Å². The number of aromatic nitrogens is 1. The predicted molar refractivity (Wildman–Crippen MR) is 88.5 cm³/mol. The Labute approximate surface area is 132 Å². The first-order valence-corrected chi connectivity index (χ1v) is 7.91. The third kappa shape index (κ3) is 2.94. The SMILES string of the molecule is C[C@@H](c1cc2ccccc2o1)N(C)C(=O)/C=C/c1cscn1. The number of hydrogen-bond donors (Lipinski definition) is 0. The molecule has 1 aromatic carbocycles. The molecule has 3 aromatic rings. The van der Waals surface area contributed by atoms with E-state index >= 15 is 0 Å². The molecule has 0 radical (unpaired) electrons. The quantitative estimate of drug-likeness (QED) is 0.681. The summed E-state index contributed by atoms with van der Waals surface area (Å²) in [5, 5.41) is 2.94. The third-order valence-corrected chi connectivity index (χ3v) is 4.24. The number of furan rings is 1. The number of thiazole rings is 1. The minimum atomic E-state index is -0.139. The van der Waals surface area contributed by atoms with E-state index in [0.29, 0.717) is 0 Å². The number of benzene rings is 1. The lowest BCUT2D eigenvalue weighted by molar-refractivity contribution is -0.126. The highest BCUT2D eigenvalue weighted by molar-refractivity contribution is 7.07. The smallest absolute Gasteiger partial charge is 0.246 e. The van der Waals surface area contributed by atoms with E-state index in [1.807, 2.05) is 42.6 Å². The van der Waals surface area contributed by atoms with Gasteiger partial charge in [0.15, 0.2) is 0 Å². The van der Waals surface area contributed by atoms with Crippen molar-refractivity contribution < 1.29 is 9.21 Å². The molecule has 0 fully saturated rings. The number of amides is 1. The van der Waals surface area contributed by atoms with Crippen LogP contribution < -0.4 is 0 Å². The van der Waals surface area contributed by atoms with E-state index < -0.39 is 0 Å². The molecule has 4 nitrogen and oxygen atoms in total. The molecule has 0 aliphatic carbocycles. The highest BCUT2D eigenvalue weighted by atomic mass is 32.1. The average Bonchev–Trinajstić information content (AvgIpc) is 3.19. The van der Waals surface area contributed by atoms with Crippen LogP contribution in [0.1, 0.15) is 24.4 Å². The maximum absolute atomic E-state index is 12.2. The fourth-order valence-corrected chi connectivity index (χ4v) is 2.69. The number of carbonyl (C=O) groups is 1. The highest BCUT2D eigenvalue weighted by Gasteiger charge is 2.19. The van der Waals surface area contributed by atoms with Crippen LogP contribution in [0.4, 0.5) is 0 Å². The fourth-order valence-electron chi connectivity index (χ4n) is 2.17. The van der Waals surface area contributed by atoms with Crippen LogP contribution in [-0.2, 0) is 4.79 Å². The zero-order chi connectivity index (χ0) is 15.5. The molecular formula is C17H16N2O2S. The van der Waals surface area contributed by atoms with Crippen molar-refractivity contribution >= 4 is 34.3 Å². The Balaban J connectivity index is 1.75. The molecule has 22 heavy (non-hydrogen) atoms. The molecule has 0 saturated carbocycles. The third-order valence-electron chi connectivity index (χ3n) is 3.63. The van der Waals surface area contributed by atoms with Crippen LogP contribution in [0.3, 0.4) is 0 Å². The highest BCUT2D eigenvalue weighted by Crippen LogP contribution is 2.26.